The van der Waals surface area contributed by atoms with Gasteiger partial charge in [0.1, 0.15) is 0 Å². The Labute approximate surface area is 65.6 Å². The lowest BCUT2D eigenvalue weighted by atomic mass is 10.4. The van der Waals surface area contributed by atoms with Gasteiger partial charge in [0.05, 0.1) is 9.26 Å². The van der Waals surface area contributed by atoms with Crippen LogP contribution in [0, 0.1) is 10.5 Å². The van der Waals surface area contributed by atoms with E-state index in [9.17, 15) is 4.79 Å². The van der Waals surface area contributed by atoms with Gasteiger partial charge in [0.2, 0.25) is 0 Å². The first kappa shape index (κ1) is 6.73. The lowest BCUT2D eigenvalue weighted by molar-refractivity contribution is 0.936. The Balaban J connectivity index is 3.34. The minimum atomic E-state index is -0.124. The summed E-state index contributed by atoms with van der Waals surface area (Å²) in [5, 5.41) is 6.05. The molecule has 1 heterocycles. The molecule has 0 spiro atoms. The first-order valence-electron chi connectivity index (χ1n) is 2.42. The Bertz CT molecular complexity index is 268. The van der Waals surface area contributed by atoms with Gasteiger partial charge in [-0.15, -0.1) is 0 Å². The second-order valence-electron chi connectivity index (χ2n) is 1.69. The number of aromatic amines is 1. The molecule has 0 saturated heterocycles. The largest absolute Gasteiger partial charge is 0.277 e. The zero-order valence-electron chi connectivity index (χ0n) is 4.81. The number of aromatic nitrogens is 2. The van der Waals surface area contributed by atoms with E-state index in [4.69, 9.17) is 0 Å². The van der Waals surface area contributed by atoms with E-state index in [-0.39, 0.29) is 5.56 Å². The van der Waals surface area contributed by atoms with Crippen molar-refractivity contribution in [3.63, 3.8) is 0 Å². The Morgan fingerprint density at radius 2 is 2.44 bits per heavy atom. The number of nitrogens with one attached hydrogen (secondary N) is 1. The summed E-state index contributed by atoms with van der Waals surface area (Å²) in [6.45, 7) is 1.83. The molecule has 1 aromatic heterocycles. The lowest BCUT2D eigenvalue weighted by Gasteiger charge is -1.88. The molecular formula is C5H5IN2O. The van der Waals surface area contributed by atoms with Crippen molar-refractivity contribution in [3.8, 4) is 0 Å². The van der Waals surface area contributed by atoms with Gasteiger partial charge in [-0.2, -0.15) is 5.10 Å². The van der Waals surface area contributed by atoms with Crippen LogP contribution in [0.1, 0.15) is 5.69 Å². The molecule has 0 amide bonds. The van der Waals surface area contributed by atoms with Gasteiger partial charge in [-0.3, -0.25) is 4.79 Å². The van der Waals surface area contributed by atoms with Crippen LogP contribution in [0.2, 0.25) is 0 Å². The molecule has 1 aromatic rings. The van der Waals surface area contributed by atoms with Crippen LogP contribution in [0.5, 0.6) is 0 Å². The molecule has 0 aliphatic rings. The number of hydrogen-bond acceptors (Lipinski definition) is 2. The van der Waals surface area contributed by atoms with Crippen LogP contribution < -0.4 is 5.56 Å². The summed E-state index contributed by atoms with van der Waals surface area (Å²) in [7, 11) is 0. The van der Waals surface area contributed by atoms with Crippen LogP contribution in [0.25, 0.3) is 0 Å². The lowest BCUT2D eigenvalue weighted by Crippen LogP contribution is -2.11. The summed E-state index contributed by atoms with van der Waals surface area (Å²) in [5.74, 6) is 0. The highest BCUT2D eigenvalue weighted by Gasteiger charge is 1.92. The maximum Gasteiger partial charge on any atom is 0.277 e. The predicted molar refractivity (Wildman–Crippen MR) is 42.3 cm³/mol. The number of aryl methyl sites for hydroxylation is 1. The van der Waals surface area contributed by atoms with Crippen molar-refractivity contribution in [2.75, 3.05) is 0 Å². The minimum absolute atomic E-state index is 0.124. The Morgan fingerprint density at radius 3 is 2.89 bits per heavy atom. The first-order valence-corrected chi connectivity index (χ1v) is 3.50. The number of H-pyrrole nitrogens is 1. The molecule has 0 atom stereocenters. The van der Waals surface area contributed by atoms with Gasteiger partial charge in [0.15, 0.2) is 0 Å². The zero-order chi connectivity index (χ0) is 6.85. The standard InChI is InChI=1S/C5H5IN2O/c1-3-2-4(6)5(9)8-7-3/h2H,1H3,(H,8,9). The SMILES string of the molecule is Cc1cc(I)c(=O)[nH]n1. The number of hydrogen-bond donors (Lipinski definition) is 1. The highest BCUT2D eigenvalue weighted by atomic mass is 127. The topological polar surface area (TPSA) is 45.8 Å². The van der Waals surface area contributed by atoms with Gasteiger partial charge in [0, 0.05) is 0 Å². The summed E-state index contributed by atoms with van der Waals surface area (Å²) in [6.07, 6.45) is 0. The summed E-state index contributed by atoms with van der Waals surface area (Å²) < 4.78 is 0.681. The van der Waals surface area contributed by atoms with E-state index in [1.54, 1.807) is 6.07 Å². The second kappa shape index (κ2) is 2.47. The molecule has 0 aliphatic heterocycles. The fourth-order valence-electron chi connectivity index (χ4n) is 0.474. The molecule has 0 bridgehead atoms. The van der Waals surface area contributed by atoms with Crippen molar-refractivity contribution in [2.45, 2.75) is 6.92 Å². The van der Waals surface area contributed by atoms with Gasteiger partial charge in [0.25, 0.3) is 5.56 Å². The molecule has 0 fully saturated rings. The van der Waals surface area contributed by atoms with Crippen molar-refractivity contribution in [1.82, 2.24) is 10.2 Å². The van der Waals surface area contributed by atoms with Crippen molar-refractivity contribution >= 4 is 22.6 Å². The molecular weight excluding hydrogens is 231 g/mol. The molecule has 0 radical (unpaired) electrons. The van der Waals surface area contributed by atoms with Gasteiger partial charge in [-0.25, -0.2) is 5.10 Å². The van der Waals surface area contributed by atoms with Crippen LogP contribution in [-0.4, -0.2) is 10.2 Å². The van der Waals surface area contributed by atoms with Crippen molar-refractivity contribution in [2.24, 2.45) is 0 Å². The third-order valence-electron chi connectivity index (χ3n) is 0.886. The van der Waals surface area contributed by atoms with Crippen LogP contribution in [-0.2, 0) is 0 Å². The summed E-state index contributed by atoms with van der Waals surface area (Å²) in [6, 6.07) is 1.74. The fraction of sp³-hybridized carbons (Fsp3) is 0.200. The third kappa shape index (κ3) is 1.51. The van der Waals surface area contributed by atoms with E-state index in [1.165, 1.54) is 0 Å². The minimum Gasteiger partial charge on any atom is -0.267 e. The van der Waals surface area contributed by atoms with Gasteiger partial charge < -0.3 is 0 Å². The van der Waals surface area contributed by atoms with Gasteiger partial charge in [-0.1, -0.05) is 0 Å². The third-order valence-corrected chi connectivity index (χ3v) is 1.69. The average molecular weight is 236 g/mol. The summed E-state index contributed by atoms with van der Waals surface area (Å²) >= 11 is 1.97. The molecule has 0 unspecified atom stereocenters. The van der Waals surface area contributed by atoms with E-state index in [1.807, 2.05) is 29.5 Å². The van der Waals surface area contributed by atoms with E-state index >= 15 is 0 Å². The fourth-order valence-corrected chi connectivity index (χ4v) is 1.04. The maximum atomic E-state index is 10.6. The van der Waals surface area contributed by atoms with Crippen molar-refractivity contribution in [3.05, 3.63) is 25.7 Å². The molecule has 3 nitrogen and oxygen atoms in total. The van der Waals surface area contributed by atoms with Crippen LogP contribution in [0.3, 0.4) is 0 Å². The Morgan fingerprint density at radius 1 is 1.78 bits per heavy atom. The van der Waals surface area contributed by atoms with Crippen molar-refractivity contribution < 1.29 is 0 Å². The van der Waals surface area contributed by atoms with Crippen LogP contribution in [0.15, 0.2) is 10.9 Å². The number of nitrogens with zero attached hydrogens (tertiary/aromatic N) is 1. The molecule has 0 saturated carbocycles. The molecule has 9 heavy (non-hydrogen) atoms. The van der Waals surface area contributed by atoms with E-state index < -0.39 is 0 Å². The first-order chi connectivity index (χ1) is 4.20. The molecule has 1 N–H and O–H groups in total. The number of rotatable bonds is 0. The molecule has 0 aliphatic carbocycles. The Hall–Kier alpha value is -0.390. The highest BCUT2D eigenvalue weighted by molar-refractivity contribution is 14.1. The normalized spacial score (nSPS) is 9.56. The van der Waals surface area contributed by atoms with E-state index in [2.05, 4.69) is 10.2 Å². The molecule has 48 valence electrons. The smallest absolute Gasteiger partial charge is 0.267 e. The summed E-state index contributed by atoms with van der Waals surface area (Å²) in [5.41, 5.74) is 0.709. The Kier molecular flexibility index (Phi) is 1.84. The highest BCUT2D eigenvalue weighted by Crippen LogP contribution is 1.95. The van der Waals surface area contributed by atoms with Crippen molar-refractivity contribution in [1.29, 1.82) is 0 Å². The van der Waals surface area contributed by atoms with Crippen LogP contribution in [0.4, 0.5) is 0 Å². The predicted octanol–water partition coefficient (Wildman–Crippen LogP) is 0.683. The van der Waals surface area contributed by atoms with Gasteiger partial charge >= 0.3 is 0 Å². The zero-order valence-corrected chi connectivity index (χ0v) is 6.97. The quantitative estimate of drug-likeness (QED) is 0.673. The summed E-state index contributed by atoms with van der Waals surface area (Å²) in [4.78, 5) is 10.6. The molecule has 4 heteroatoms. The average Bonchev–Trinajstić information content (AvgIpc) is 1.80. The molecule has 1 rings (SSSR count). The van der Waals surface area contributed by atoms with Crippen LogP contribution >= 0.6 is 22.6 Å². The van der Waals surface area contributed by atoms with E-state index in [0.29, 0.717) is 3.57 Å². The van der Waals surface area contributed by atoms with Gasteiger partial charge in [-0.05, 0) is 35.6 Å². The maximum absolute atomic E-state index is 10.6. The monoisotopic (exact) mass is 236 g/mol. The van der Waals surface area contributed by atoms with E-state index in [0.717, 1.165) is 5.69 Å². The number of halogens is 1. The second-order valence-corrected chi connectivity index (χ2v) is 2.85. The molecule has 0 aromatic carbocycles.